The zero-order valence-corrected chi connectivity index (χ0v) is 9.82. The van der Waals surface area contributed by atoms with Crippen LogP contribution in [-0.2, 0) is 4.79 Å². The molecule has 0 bridgehead atoms. The van der Waals surface area contributed by atoms with Gasteiger partial charge in [0, 0.05) is 23.0 Å². The van der Waals surface area contributed by atoms with Gasteiger partial charge in [0.2, 0.25) is 0 Å². The normalized spacial score (nSPS) is 29.5. The van der Waals surface area contributed by atoms with Crippen molar-refractivity contribution in [1.29, 1.82) is 0 Å². The van der Waals surface area contributed by atoms with E-state index in [4.69, 9.17) is 11.6 Å². The molecule has 0 aromatic carbocycles. The summed E-state index contributed by atoms with van der Waals surface area (Å²) in [5.41, 5.74) is 2.59. The molecular formula is C14H10ClNO. The van der Waals surface area contributed by atoms with Crippen LogP contribution in [0.4, 0.5) is 0 Å². The van der Waals surface area contributed by atoms with Gasteiger partial charge in [0.25, 0.3) is 0 Å². The minimum atomic E-state index is -0.223. The summed E-state index contributed by atoms with van der Waals surface area (Å²) in [6.07, 6.45) is 15.0. The van der Waals surface area contributed by atoms with Crippen molar-refractivity contribution in [2.45, 2.75) is 6.42 Å². The number of hydrogen-bond acceptors (Lipinski definition) is 2. The molecule has 1 atom stereocenters. The summed E-state index contributed by atoms with van der Waals surface area (Å²) in [4.78, 5) is 15.2. The van der Waals surface area contributed by atoms with Gasteiger partial charge in [-0.15, -0.1) is 0 Å². The lowest BCUT2D eigenvalue weighted by atomic mass is 9.66. The fourth-order valence-corrected chi connectivity index (χ4v) is 2.65. The first-order chi connectivity index (χ1) is 8.24. The van der Waals surface area contributed by atoms with E-state index in [1.165, 1.54) is 0 Å². The summed E-state index contributed by atoms with van der Waals surface area (Å²) >= 11 is 6.04. The molecule has 0 N–H and O–H groups in total. The maximum absolute atomic E-state index is 10.9. The van der Waals surface area contributed by atoms with Crippen LogP contribution in [0.5, 0.6) is 0 Å². The van der Waals surface area contributed by atoms with E-state index < -0.39 is 0 Å². The van der Waals surface area contributed by atoms with Gasteiger partial charge < -0.3 is 0 Å². The monoisotopic (exact) mass is 243 g/mol. The van der Waals surface area contributed by atoms with Crippen LogP contribution in [0.1, 0.15) is 6.42 Å². The SMILES string of the molecule is O=CC1=CC2=CC(Cl)=CCC23C=NC=CC3=C1. The molecule has 1 spiro atoms. The van der Waals surface area contributed by atoms with Crippen molar-refractivity contribution in [2.24, 2.45) is 10.4 Å². The Bertz CT molecular complexity index is 575. The lowest BCUT2D eigenvalue weighted by Gasteiger charge is -2.38. The molecule has 1 heterocycles. The number of allylic oxidation sites excluding steroid dienone is 9. The Morgan fingerprint density at radius 3 is 3.00 bits per heavy atom. The minimum Gasteiger partial charge on any atom is -0.298 e. The van der Waals surface area contributed by atoms with E-state index in [0.717, 1.165) is 28.9 Å². The van der Waals surface area contributed by atoms with Gasteiger partial charge >= 0.3 is 0 Å². The Labute approximate surface area is 104 Å². The molecule has 0 aromatic heterocycles. The number of nitrogens with zero attached hydrogens (tertiary/aromatic N) is 1. The molecule has 2 aliphatic carbocycles. The Hall–Kier alpha value is -1.67. The molecule has 17 heavy (non-hydrogen) atoms. The summed E-state index contributed by atoms with van der Waals surface area (Å²) in [6.45, 7) is 0. The zero-order valence-electron chi connectivity index (χ0n) is 9.06. The van der Waals surface area contributed by atoms with Gasteiger partial charge in [-0.3, -0.25) is 9.79 Å². The largest absolute Gasteiger partial charge is 0.298 e. The van der Waals surface area contributed by atoms with Gasteiger partial charge in [0.1, 0.15) is 6.29 Å². The van der Waals surface area contributed by atoms with Crippen LogP contribution in [0.25, 0.3) is 0 Å². The molecule has 0 saturated heterocycles. The number of rotatable bonds is 1. The van der Waals surface area contributed by atoms with Crippen molar-refractivity contribution in [3.05, 3.63) is 58.3 Å². The van der Waals surface area contributed by atoms with Gasteiger partial charge in [-0.1, -0.05) is 17.7 Å². The summed E-state index contributed by atoms with van der Waals surface area (Å²) in [5.74, 6) is 0. The molecule has 0 aromatic rings. The third kappa shape index (κ3) is 1.48. The van der Waals surface area contributed by atoms with Crippen LogP contribution in [0.2, 0.25) is 0 Å². The second kappa shape index (κ2) is 3.67. The minimum absolute atomic E-state index is 0.223. The van der Waals surface area contributed by atoms with Crippen LogP contribution in [0, 0.1) is 5.41 Å². The fourth-order valence-electron chi connectivity index (χ4n) is 2.46. The summed E-state index contributed by atoms with van der Waals surface area (Å²) in [5, 5.41) is 0.719. The molecule has 3 heteroatoms. The Kier molecular flexibility index (Phi) is 2.26. The number of carbonyl (C=O) groups excluding carboxylic acids is 1. The van der Waals surface area contributed by atoms with Crippen molar-refractivity contribution in [3.8, 4) is 0 Å². The summed E-state index contributed by atoms with van der Waals surface area (Å²) in [7, 11) is 0. The first kappa shape index (κ1) is 10.5. The Balaban J connectivity index is 2.21. The standard InChI is InChI=1S/C14H10ClNO/c15-13-1-3-14-9-16-4-2-11(14)5-10(8-17)6-12(14)7-13/h1-2,4-9H,3H2. The Morgan fingerprint density at radius 2 is 2.18 bits per heavy atom. The third-order valence-corrected chi connectivity index (χ3v) is 3.62. The maximum Gasteiger partial charge on any atom is 0.150 e. The number of aliphatic imine (C=N–C) groups is 1. The highest BCUT2D eigenvalue weighted by Gasteiger charge is 2.39. The topological polar surface area (TPSA) is 29.4 Å². The van der Waals surface area contributed by atoms with E-state index in [1.54, 1.807) is 6.20 Å². The molecular weight excluding hydrogens is 234 g/mol. The molecule has 2 nitrogen and oxygen atoms in total. The molecule has 3 rings (SSSR count). The van der Waals surface area contributed by atoms with E-state index in [1.807, 2.05) is 36.6 Å². The van der Waals surface area contributed by atoms with Gasteiger partial charge in [-0.25, -0.2) is 0 Å². The number of carbonyl (C=O) groups is 1. The van der Waals surface area contributed by atoms with Crippen LogP contribution < -0.4 is 0 Å². The van der Waals surface area contributed by atoms with E-state index in [9.17, 15) is 4.79 Å². The van der Waals surface area contributed by atoms with Gasteiger partial charge in [-0.2, -0.15) is 0 Å². The number of aldehydes is 1. The highest BCUT2D eigenvalue weighted by Crippen LogP contribution is 2.47. The fraction of sp³-hybridized carbons (Fsp3) is 0.143. The lowest BCUT2D eigenvalue weighted by Crippen LogP contribution is -2.31. The van der Waals surface area contributed by atoms with E-state index >= 15 is 0 Å². The smallest absolute Gasteiger partial charge is 0.150 e. The van der Waals surface area contributed by atoms with E-state index in [0.29, 0.717) is 5.57 Å². The molecule has 0 fully saturated rings. The van der Waals surface area contributed by atoms with Crippen molar-refractivity contribution < 1.29 is 4.79 Å². The highest BCUT2D eigenvalue weighted by molar-refractivity contribution is 6.31. The van der Waals surface area contributed by atoms with E-state index in [-0.39, 0.29) is 5.41 Å². The summed E-state index contributed by atoms with van der Waals surface area (Å²) in [6, 6.07) is 0. The number of hydrogen-bond donors (Lipinski definition) is 0. The van der Waals surface area contributed by atoms with Gasteiger partial charge in [-0.05, 0) is 41.9 Å². The molecule has 1 unspecified atom stereocenters. The molecule has 3 aliphatic rings. The van der Waals surface area contributed by atoms with Crippen molar-refractivity contribution in [1.82, 2.24) is 0 Å². The second-order valence-electron chi connectivity index (χ2n) is 4.32. The molecule has 0 radical (unpaired) electrons. The van der Waals surface area contributed by atoms with Crippen molar-refractivity contribution >= 4 is 24.1 Å². The van der Waals surface area contributed by atoms with Gasteiger partial charge in [0.05, 0.1) is 5.41 Å². The molecule has 0 amide bonds. The summed E-state index contributed by atoms with van der Waals surface area (Å²) < 4.78 is 0. The van der Waals surface area contributed by atoms with Crippen LogP contribution in [0.15, 0.2) is 63.3 Å². The Morgan fingerprint density at radius 1 is 1.29 bits per heavy atom. The molecule has 84 valence electrons. The zero-order chi connectivity index (χ0) is 11.9. The maximum atomic E-state index is 10.9. The molecule has 0 saturated carbocycles. The van der Waals surface area contributed by atoms with Gasteiger partial charge in [0.15, 0.2) is 0 Å². The first-order valence-electron chi connectivity index (χ1n) is 5.42. The average molecular weight is 244 g/mol. The predicted octanol–water partition coefficient (Wildman–Crippen LogP) is 3.09. The lowest BCUT2D eigenvalue weighted by molar-refractivity contribution is -0.104. The van der Waals surface area contributed by atoms with Crippen molar-refractivity contribution in [3.63, 3.8) is 0 Å². The number of halogens is 1. The first-order valence-corrected chi connectivity index (χ1v) is 5.80. The third-order valence-electron chi connectivity index (χ3n) is 3.36. The quantitative estimate of drug-likeness (QED) is 0.651. The van der Waals surface area contributed by atoms with Crippen LogP contribution >= 0.6 is 11.6 Å². The van der Waals surface area contributed by atoms with E-state index in [2.05, 4.69) is 4.99 Å². The van der Waals surface area contributed by atoms with Crippen LogP contribution in [0.3, 0.4) is 0 Å². The predicted molar refractivity (Wildman–Crippen MR) is 68.9 cm³/mol. The highest BCUT2D eigenvalue weighted by atomic mass is 35.5. The van der Waals surface area contributed by atoms with Crippen molar-refractivity contribution in [2.75, 3.05) is 0 Å². The average Bonchev–Trinajstić information content (AvgIpc) is 2.36. The van der Waals surface area contributed by atoms with Crippen LogP contribution in [-0.4, -0.2) is 12.5 Å². The second-order valence-corrected chi connectivity index (χ2v) is 4.76. The molecule has 1 aliphatic heterocycles.